The number of aliphatic carboxylic acids is 1. The summed E-state index contributed by atoms with van der Waals surface area (Å²) in [6, 6.07) is 12.2. The van der Waals surface area contributed by atoms with Gasteiger partial charge in [0.25, 0.3) is 5.91 Å². The number of carbonyl (C=O) groups is 2. The lowest BCUT2D eigenvalue weighted by Crippen LogP contribution is -2.33. The highest BCUT2D eigenvalue weighted by molar-refractivity contribution is 5.77. The summed E-state index contributed by atoms with van der Waals surface area (Å²) in [5.41, 5.74) is 0. The van der Waals surface area contributed by atoms with Gasteiger partial charge in [-0.2, -0.15) is 0 Å². The van der Waals surface area contributed by atoms with Crippen LogP contribution in [0.3, 0.4) is 0 Å². The van der Waals surface area contributed by atoms with E-state index in [9.17, 15) is 9.59 Å². The molecule has 1 heterocycles. The predicted octanol–water partition coefficient (Wildman–Crippen LogP) is 2.48. The van der Waals surface area contributed by atoms with Gasteiger partial charge in [-0.25, -0.2) is 4.98 Å². The van der Waals surface area contributed by atoms with Gasteiger partial charge in [-0.3, -0.25) is 9.59 Å². The summed E-state index contributed by atoms with van der Waals surface area (Å²) < 4.78 is 10.9. The number of carbonyl (C=O) groups excluding carboxylic acids is 1. The Kier molecular flexibility index (Phi) is 6.76. The molecule has 1 aromatic heterocycles. The fourth-order valence-corrected chi connectivity index (χ4v) is 1.99. The Hall–Kier alpha value is -3.09. The molecule has 1 unspecified atom stereocenters. The molecule has 0 aliphatic carbocycles. The van der Waals surface area contributed by atoms with Crippen LogP contribution >= 0.6 is 0 Å². The van der Waals surface area contributed by atoms with Gasteiger partial charge in [0.05, 0.1) is 0 Å². The second-order valence-corrected chi connectivity index (χ2v) is 5.54. The second kappa shape index (κ2) is 9.27. The van der Waals surface area contributed by atoms with Crippen LogP contribution in [0.15, 0.2) is 48.7 Å². The number of carboxylic acid groups (broad SMARTS) is 1. The zero-order valence-electron chi connectivity index (χ0n) is 13.8. The third-order valence-corrected chi connectivity index (χ3v) is 3.22. The number of benzene rings is 1. The predicted molar refractivity (Wildman–Crippen MR) is 90.7 cm³/mol. The average Bonchev–Trinajstić information content (AvgIpc) is 2.60. The molecule has 7 heteroatoms. The quantitative estimate of drug-likeness (QED) is 0.725. The topological polar surface area (TPSA) is 97.8 Å². The van der Waals surface area contributed by atoms with E-state index < -0.39 is 5.97 Å². The Balaban J connectivity index is 1.74. The van der Waals surface area contributed by atoms with E-state index in [1.54, 1.807) is 49.5 Å². The number of nitrogens with one attached hydrogen (secondary N) is 1. The Morgan fingerprint density at radius 2 is 1.88 bits per heavy atom. The molecule has 2 aromatic rings. The monoisotopic (exact) mass is 344 g/mol. The Morgan fingerprint density at radius 1 is 1.16 bits per heavy atom. The summed E-state index contributed by atoms with van der Waals surface area (Å²) in [4.78, 5) is 26.3. The number of pyridine rings is 1. The van der Waals surface area contributed by atoms with E-state index in [1.807, 2.05) is 6.07 Å². The maximum absolute atomic E-state index is 11.7. The lowest BCUT2D eigenvalue weighted by Gasteiger charge is -2.11. The van der Waals surface area contributed by atoms with Crippen molar-refractivity contribution in [2.75, 3.05) is 13.2 Å². The standard InChI is InChI=1S/C18H20N2O5/c1-13(10-18(22)23)11-20-16(21)12-24-14-5-7-15(8-6-14)25-17-4-2-3-9-19-17/h2-9,13H,10-12H2,1H3,(H,20,21)(H,22,23). The van der Waals surface area contributed by atoms with Crippen LogP contribution in [0.5, 0.6) is 17.4 Å². The van der Waals surface area contributed by atoms with E-state index in [-0.39, 0.29) is 24.9 Å². The maximum atomic E-state index is 11.7. The molecule has 0 saturated carbocycles. The molecule has 0 fully saturated rings. The van der Waals surface area contributed by atoms with Crippen LogP contribution < -0.4 is 14.8 Å². The van der Waals surface area contributed by atoms with Crippen LogP contribution in [-0.4, -0.2) is 35.1 Å². The molecule has 0 saturated heterocycles. The summed E-state index contributed by atoms with van der Waals surface area (Å²) in [6.45, 7) is 1.92. The van der Waals surface area contributed by atoms with Gasteiger partial charge in [0.2, 0.25) is 5.88 Å². The SMILES string of the molecule is CC(CNC(=O)COc1ccc(Oc2ccccn2)cc1)CC(=O)O. The van der Waals surface area contributed by atoms with Crippen molar-refractivity contribution in [1.82, 2.24) is 10.3 Å². The van der Waals surface area contributed by atoms with Crippen molar-refractivity contribution in [1.29, 1.82) is 0 Å². The van der Waals surface area contributed by atoms with E-state index in [0.29, 0.717) is 23.9 Å². The fraction of sp³-hybridized carbons (Fsp3) is 0.278. The molecular weight excluding hydrogens is 324 g/mol. The van der Waals surface area contributed by atoms with E-state index in [4.69, 9.17) is 14.6 Å². The number of aromatic nitrogens is 1. The maximum Gasteiger partial charge on any atom is 0.303 e. The third kappa shape index (κ3) is 6.90. The smallest absolute Gasteiger partial charge is 0.303 e. The van der Waals surface area contributed by atoms with Crippen LogP contribution in [0.4, 0.5) is 0 Å². The van der Waals surface area contributed by atoms with Crippen molar-refractivity contribution >= 4 is 11.9 Å². The molecular formula is C18H20N2O5. The molecule has 2 rings (SSSR count). The van der Waals surface area contributed by atoms with Crippen molar-refractivity contribution in [3.05, 3.63) is 48.7 Å². The highest BCUT2D eigenvalue weighted by atomic mass is 16.5. The molecule has 1 atom stereocenters. The third-order valence-electron chi connectivity index (χ3n) is 3.22. The van der Waals surface area contributed by atoms with Gasteiger partial charge in [-0.15, -0.1) is 0 Å². The number of ether oxygens (including phenoxy) is 2. The first kappa shape index (κ1) is 18.3. The largest absolute Gasteiger partial charge is 0.484 e. The zero-order chi connectivity index (χ0) is 18.1. The zero-order valence-corrected chi connectivity index (χ0v) is 13.8. The average molecular weight is 344 g/mol. The molecule has 0 bridgehead atoms. The van der Waals surface area contributed by atoms with Crippen molar-refractivity contribution < 1.29 is 24.2 Å². The van der Waals surface area contributed by atoms with Crippen LogP contribution in [0.25, 0.3) is 0 Å². The number of rotatable bonds is 9. The van der Waals surface area contributed by atoms with Crippen molar-refractivity contribution in [3.63, 3.8) is 0 Å². The van der Waals surface area contributed by atoms with Crippen molar-refractivity contribution in [3.8, 4) is 17.4 Å². The highest BCUT2D eigenvalue weighted by Crippen LogP contribution is 2.22. The van der Waals surface area contributed by atoms with Gasteiger partial charge in [-0.05, 0) is 36.2 Å². The van der Waals surface area contributed by atoms with Crippen LogP contribution in [-0.2, 0) is 9.59 Å². The number of hydrogen-bond acceptors (Lipinski definition) is 5. The van der Waals surface area contributed by atoms with E-state index in [0.717, 1.165) is 0 Å². The van der Waals surface area contributed by atoms with Crippen LogP contribution in [0, 0.1) is 5.92 Å². The molecule has 0 aliphatic rings. The molecule has 1 amide bonds. The van der Waals surface area contributed by atoms with E-state index in [2.05, 4.69) is 10.3 Å². The molecule has 0 spiro atoms. The molecule has 2 N–H and O–H groups in total. The summed E-state index contributed by atoms with van der Waals surface area (Å²) in [6.07, 6.45) is 1.65. The van der Waals surface area contributed by atoms with Crippen molar-refractivity contribution in [2.45, 2.75) is 13.3 Å². The number of hydrogen-bond donors (Lipinski definition) is 2. The summed E-state index contributed by atoms with van der Waals surface area (Å²) >= 11 is 0. The molecule has 7 nitrogen and oxygen atoms in total. The van der Waals surface area contributed by atoms with Gasteiger partial charge in [-0.1, -0.05) is 13.0 Å². The summed E-state index contributed by atoms with van der Waals surface area (Å²) in [7, 11) is 0. The molecule has 132 valence electrons. The van der Waals surface area contributed by atoms with E-state index in [1.165, 1.54) is 0 Å². The normalized spacial score (nSPS) is 11.4. The van der Waals surface area contributed by atoms with Gasteiger partial charge in [0, 0.05) is 25.2 Å². The summed E-state index contributed by atoms with van der Waals surface area (Å²) in [5, 5.41) is 11.3. The van der Waals surface area contributed by atoms with Gasteiger partial charge in [0.15, 0.2) is 6.61 Å². The van der Waals surface area contributed by atoms with Gasteiger partial charge >= 0.3 is 5.97 Å². The number of carboxylic acids is 1. The minimum Gasteiger partial charge on any atom is -0.484 e. The lowest BCUT2D eigenvalue weighted by molar-refractivity contribution is -0.138. The van der Waals surface area contributed by atoms with Crippen LogP contribution in [0.2, 0.25) is 0 Å². The van der Waals surface area contributed by atoms with Crippen molar-refractivity contribution in [2.24, 2.45) is 5.92 Å². The first-order valence-corrected chi connectivity index (χ1v) is 7.83. The van der Waals surface area contributed by atoms with E-state index >= 15 is 0 Å². The van der Waals surface area contributed by atoms with Gasteiger partial charge < -0.3 is 19.9 Å². The Morgan fingerprint density at radius 3 is 2.52 bits per heavy atom. The fourth-order valence-electron chi connectivity index (χ4n) is 1.99. The Labute approximate surface area is 145 Å². The first-order valence-electron chi connectivity index (χ1n) is 7.83. The lowest BCUT2D eigenvalue weighted by atomic mass is 10.1. The molecule has 25 heavy (non-hydrogen) atoms. The Bertz CT molecular complexity index is 688. The summed E-state index contributed by atoms with van der Waals surface area (Å²) in [5.74, 6) is 0.313. The molecule has 0 radical (unpaired) electrons. The molecule has 0 aliphatic heterocycles. The second-order valence-electron chi connectivity index (χ2n) is 5.54. The minimum atomic E-state index is -0.883. The van der Waals surface area contributed by atoms with Crippen LogP contribution in [0.1, 0.15) is 13.3 Å². The number of nitrogens with zero attached hydrogens (tertiary/aromatic N) is 1. The minimum absolute atomic E-state index is 0.0128. The number of amides is 1. The first-order chi connectivity index (χ1) is 12.0. The highest BCUT2D eigenvalue weighted by Gasteiger charge is 2.10. The van der Waals surface area contributed by atoms with Gasteiger partial charge in [0.1, 0.15) is 11.5 Å². The molecule has 1 aromatic carbocycles.